The second-order valence-electron chi connectivity index (χ2n) is 4.94. The fourth-order valence-corrected chi connectivity index (χ4v) is 2.69. The van der Waals surface area contributed by atoms with E-state index in [-0.39, 0.29) is 10.0 Å². The highest BCUT2D eigenvalue weighted by atomic mass is 35.5. The molecule has 23 heavy (non-hydrogen) atoms. The molecule has 1 aromatic heterocycles. The summed E-state index contributed by atoms with van der Waals surface area (Å²) in [6.45, 7) is 0. The molecule has 0 amide bonds. The van der Waals surface area contributed by atoms with Gasteiger partial charge < -0.3 is 5.32 Å². The van der Waals surface area contributed by atoms with E-state index in [0.717, 1.165) is 0 Å². The van der Waals surface area contributed by atoms with Gasteiger partial charge in [-0.2, -0.15) is 5.10 Å². The summed E-state index contributed by atoms with van der Waals surface area (Å²) in [5, 5.41) is 7.85. The molecule has 0 fully saturated rings. The summed E-state index contributed by atoms with van der Waals surface area (Å²) in [6.07, 6.45) is 1.75. The zero-order chi connectivity index (χ0) is 16.6. The summed E-state index contributed by atoms with van der Waals surface area (Å²) in [7, 11) is 1.75. The van der Waals surface area contributed by atoms with Crippen molar-refractivity contribution in [3.63, 3.8) is 0 Å². The smallest absolute Gasteiger partial charge is 0.160 e. The number of benzene rings is 2. The normalized spacial score (nSPS) is 10.8. The third-order valence-electron chi connectivity index (χ3n) is 3.23. The maximum Gasteiger partial charge on any atom is 0.160 e. The number of aryl methyl sites for hydroxylation is 1. The Kier molecular flexibility index (Phi) is 4.24. The molecule has 0 radical (unpaired) electrons. The van der Waals surface area contributed by atoms with Crippen molar-refractivity contribution in [2.45, 2.75) is 0 Å². The highest BCUT2D eigenvalue weighted by Gasteiger charge is 2.15. The number of rotatable bonds is 3. The lowest BCUT2D eigenvalue weighted by atomic mass is 10.1. The zero-order valence-electron chi connectivity index (χ0n) is 11.9. The molecule has 2 aromatic carbocycles. The monoisotopic (exact) mass is 353 g/mol. The lowest BCUT2D eigenvalue weighted by Gasteiger charge is -2.09. The second kappa shape index (κ2) is 6.18. The molecule has 1 N–H and O–H groups in total. The van der Waals surface area contributed by atoms with Crippen molar-refractivity contribution in [1.82, 2.24) is 9.78 Å². The van der Waals surface area contributed by atoms with Gasteiger partial charge in [-0.05, 0) is 36.4 Å². The average Bonchev–Trinajstić information content (AvgIpc) is 2.82. The first-order valence-electron chi connectivity index (χ1n) is 6.65. The van der Waals surface area contributed by atoms with Crippen molar-refractivity contribution in [3.05, 3.63) is 64.3 Å². The van der Waals surface area contributed by atoms with Crippen molar-refractivity contribution in [1.29, 1.82) is 0 Å². The van der Waals surface area contributed by atoms with Crippen LogP contribution in [0.5, 0.6) is 0 Å². The molecular formula is C16H11Cl2F2N3. The Hall–Kier alpha value is -2.11. The van der Waals surface area contributed by atoms with Crippen LogP contribution in [0.3, 0.4) is 0 Å². The third-order valence-corrected chi connectivity index (χ3v) is 3.86. The number of anilines is 2. The van der Waals surface area contributed by atoms with E-state index in [9.17, 15) is 8.78 Å². The number of nitrogens with one attached hydrogen (secondary N) is 1. The van der Waals surface area contributed by atoms with Gasteiger partial charge in [0, 0.05) is 24.4 Å². The van der Waals surface area contributed by atoms with Crippen molar-refractivity contribution in [3.8, 4) is 11.1 Å². The van der Waals surface area contributed by atoms with E-state index in [4.69, 9.17) is 23.2 Å². The first-order chi connectivity index (χ1) is 10.9. The minimum Gasteiger partial charge on any atom is -0.337 e. The van der Waals surface area contributed by atoms with Gasteiger partial charge in [0.15, 0.2) is 5.82 Å². The molecule has 3 nitrogen and oxygen atoms in total. The minimum absolute atomic E-state index is 0.229. The van der Waals surface area contributed by atoms with Crippen molar-refractivity contribution < 1.29 is 8.78 Å². The first kappa shape index (κ1) is 15.8. The number of hydrogen-bond acceptors (Lipinski definition) is 2. The first-order valence-corrected chi connectivity index (χ1v) is 7.41. The average molecular weight is 354 g/mol. The molecule has 3 aromatic rings. The number of halogens is 4. The summed E-state index contributed by atoms with van der Waals surface area (Å²) in [5.74, 6) is -0.364. The fourth-order valence-electron chi connectivity index (χ4n) is 2.20. The van der Waals surface area contributed by atoms with Crippen molar-refractivity contribution >= 4 is 34.7 Å². The van der Waals surface area contributed by atoms with E-state index < -0.39 is 11.6 Å². The molecule has 118 valence electrons. The van der Waals surface area contributed by atoms with Gasteiger partial charge in [-0.1, -0.05) is 23.2 Å². The van der Waals surface area contributed by atoms with Gasteiger partial charge in [-0.15, -0.1) is 0 Å². The Morgan fingerprint density at radius 2 is 1.61 bits per heavy atom. The Morgan fingerprint density at radius 3 is 2.26 bits per heavy atom. The van der Waals surface area contributed by atoms with Crippen LogP contribution in [0.25, 0.3) is 11.1 Å². The Bertz CT molecular complexity index is 878. The summed E-state index contributed by atoms with van der Waals surface area (Å²) in [6, 6.07) is 8.15. The zero-order valence-corrected chi connectivity index (χ0v) is 13.5. The van der Waals surface area contributed by atoms with Crippen LogP contribution in [0.1, 0.15) is 0 Å². The minimum atomic E-state index is -0.427. The van der Waals surface area contributed by atoms with E-state index in [1.807, 2.05) is 0 Å². The summed E-state index contributed by atoms with van der Waals surface area (Å²) < 4.78 is 28.0. The largest absolute Gasteiger partial charge is 0.337 e. The fraction of sp³-hybridized carbons (Fsp3) is 0.0625. The molecule has 3 rings (SSSR count). The topological polar surface area (TPSA) is 29.9 Å². The van der Waals surface area contributed by atoms with Crippen LogP contribution in [-0.4, -0.2) is 9.78 Å². The molecular weight excluding hydrogens is 343 g/mol. The van der Waals surface area contributed by atoms with Gasteiger partial charge in [0.25, 0.3) is 0 Å². The van der Waals surface area contributed by atoms with E-state index in [1.54, 1.807) is 24.0 Å². The molecule has 0 aliphatic carbocycles. The van der Waals surface area contributed by atoms with Crippen LogP contribution in [0, 0.1) is 11.6 Å². The molecule has 0 atom stereocenters. The predicted molar refractivity (Wildman–Crippen MR) is 88.3 cm³/mol. The van der Waals surface area contributed by atoms with Crippen LogP contribution in [0.2, 0.25) is 10.0 Å². The number of nitrogens with zero attached hydrogens (tertiary/aromatic N) is 2. The van der Waals surface area contributed by atoms with Crippen LogP contribution < -0.4 is 5.32 Å². The Morgan fingerprint density at radius 1 is 0.957 bits per heavy atom. The van der Waals surface area contributed by atoms with E-state index in [1.165, 1.54) is 30.3 Å². The quantitative estimate of drug-likeness (QED) is 0.681. The maximum atomic E-state index is 13.2. The molecule has 0 bridgehead atoms. The number of aromatic nitrogens is 2. The van der Waals surface area contributed by atoms with Crippen LogP contribution in [0.4, 0.5) is 20.3 Å². The maximum absolute atomic E-state index is 13.2. The Balaban J connectivity index is 2.04. The SMILES string of the molecule is Cn1cc(-c2ccc(F)cc2Cl)c(Nc2ccc(F)cc2Cl)n1. The molecule has 1 heterocycles. The van der Waals surface area contributed by atoms with Crippen LogP contribution >= 0.6 is 23.2 Å². The highest BCUT2D eigenvalue weighted by molar-refractivity contribution is 6.34. The standard InChI is InChI=1S/C16H11Cl2F2N3/c1-23-8-12(11-4-2-9(19)6-13(11)17)16(22-23)21-15-5-3-10(20)7-14(15)18/h2-8H,1H3,(H,21,22). The van der Waals surface area contributed by atoms with Gasteiger partial charge in [0.05, 0.1) is 15.7 Å². The molecule has 0 aliphatic heterocycles. The molecule has 0 saturated heterocycles. The van der Waals surface area contributed by atoms with Crippen molar-refractivity contribution in [2.24, 2.45) is 7.05 Å². The van der Waals surface area contributed by atoms with Gasteiger partial charge in [-0.3, -0.25) is 4.68 Å². The van der Waals surface area contributed by atoms with E-state index >= 15 is 0 Å². The van der Waals surface area contributed by atoms with E-state index in [2.05, 4.69) is 10.4 Å². The molecule has 0 spiro atoms. The molecule has 7 heteroatoms. The highest BCUT2D eigenvalue weighted by Crippen LogP contribution is 2.35. The van der Waals surface area contributed by atoms with Crippen LogP contribution in [0.15, 0.2) is 42.6 Å². The lowest BCUT2D eigenvalue weighted by molar-refractivity contribution is 0.627. The molecule has 0 saturated carbocycles. The Labute approximate surface area is 141 Å². The van der Waals surface area contributed by atoms with Gasteiger partial charge in [0.1, 0.15) is 11.6 Å². The summed E-state index contributed by atoms with van der Waals surface area (Å²) in [5.41, 5.74) is 1.81. The van der Waals surface area contributed by atoms with Gasteiger partial charge in [-0.25, -0.2) is 8.78 Å². The van der Waals surface area contributed by atoms with E-state index in [0.29, 0.717) is 22.6 Å². The third kappa shape index (κ3) is 3.30. The molecule has 0 aliphatic rings. The summed E-state index contributed by atoms with van der Waals surface area (Å²) in [4.78, 5) is 0. The van der Waals surface area contributed by atoms with Gasteiger partial charge in [0.2, 0.25) is 0 Å². The van der Waals surface area contributed by atoms with Crippen molar-refractivity contribution in [2.75, 3.05) is 5.32 Å². The summed E-state index contributed by atoms with van der Waals surface area (Å²) >= 11 is 12.1. The lowest BCUT2D eigenvalue weighted by Crippen LogP contribution is -1.96. The second-order valence-corrected chi connectivity index (χ2v) is 5.75. The molecule has 0 unspecified atom stereocenters. The van der Waals surface area contributed by atoms with Crippen LogP contribution in [-0.2, 0) is 7.05 Å². The van der Waals surface area contributed by atoms with Gasteiger partial charge >= 0.3 is 0 Å². The number of hydrogen-bond donors (Lipinski definition) is 1. The predicted octanol–water partition coefficient (Wildman–Crippen LogP) is 5.42.